The van der Waals surface area contributed by atoms with Crippen LogP contribution in [0, 0.1) is 0 Å². The van der Waals surface area contributed by atoms with Crippen LogP contribution in [0.2, 0.25) is 0 Å². The van der Waals surface area contributed by atoms with Gasteiger partial charge >= 0.3 is 0 Å². The topological polar surface area (TPSA) is 38.3 Å². The zero-order valence-electron chi connectivity index (χ0n) is 9.05. The zero-order valence-corrected chi connectivity index (χ0v) is 9.87. The Morgan fingerprint density at radius 3 is 2.38 bits per heavy atom. The van der Waals surface area contributed by atoms with Crippen molar-refractivity contribution in [1.82, 2.24) is 5.32 Å². The molecule has 13 heavy (non-hydrogen) atoms. The van der Waals surface area contributed by atoms with E-state index in [1.54, 1.807) is 6.26 Å². The lowest BCUT2D eigenvalue weighted by molar-refractivity contribution is -0.000613. The third-order valence-electron chi connectivity index (χ3n) is 1.38. The number of hydrogen-bond acceptors (Lipinski definition) is 3. The van der Waals surface area contributed by atoms with Crippen molar-refractivity contribution in [3.63, 3.8) is 0 Å². The van der Waals surface area contributed by atoms with Gasteiger partial charge in [-0.1, -0.05) is 0 Å². The lowest BCUT2D eigenvalue weighted by Gasteiger charge is -2.19. The van der Waals surface area contributed by atoms with Gasteiger partial charge in [0.05, 0.1) is 12.2 Å². The van der Waals surface area contributed by atoms with Crippen LogP contribution in [0.3, 0.4) is 0 Å². The van der Waals surface area contributed by atoms with Crippen LogP contribution in [0.15, 0.2) is 0 Å². The highest BCUT2D eigenvalue weighted by molar-refractivity contribution is 7.84. The van der Waals surface area contributed by atoms with E-state index < -0.39 is 10.8 Å². The number of ether oxygens (including phenoxy) is 1. The molecule has 0 aromatic carbocycles. The van der Waals surface area contributed by atoms with Crippen LogP contribution in [-0.2, 0) is 15.5 Å². The molecule has 0 heterocycles. The average Bonchev–Trinajstić information content (AvgIpc) is 1.93. The van der Waals surface area contributed by atoms with E-state index in [9.17, 15) is 4.21 Å². The highest BCUT2D eigenvalue weighted by Gasteiger charge is 2.08. The molecule has 0 aliphatic rings. The van der Waals surface area contributed by atoms with Gasteiger partial charge in [0.1, 0.15) is 0 Å². The Bertz CT molecular complexity index is 154. The Hall–Kier alpha value is 0.0700. The molecule has 0 amide bonds. The molecule has 0 saturated carbocycles. The minimum Gasteiger partial charge on any atom is -0.375 e. The fraction of sp³-hybridized carbons (Fsp3) is 1.00. The molecule has 4 heteroatoms. The summed E-state index contributed by atoms with van der Waals surface area (Å²) in [7, 11) is -0.691. The second kappa shape index (κ2) is 6.51. The van der Waals surface area contributed by atoms with E-state index >= 15 is 0 Å². The summed E-state index contributed by atoms with van der Waals surface area (Å²) in [6, 6.07) is 0. The van der Waals surface area contributed by atoms with Gasteiger partial charge in [-0.2, -0.15) is 0 Å². The van der Waals surface area contributed by atoms with Crippen molar-refractivity contribution in [1.29, 1.82) is 0 Å². The standard InChI is InChI=1S/C9H21NO2S/c1-9(2,3)12-7-5-10-6-8-13(4)11/h10H,5-8H2,1-4H3. The zero-order chi connectivity index (χ0) is 10.3. The quantitative estimate of drug-likeness (QED) is 0.654. The van der Waals surface area contributed by atoms with Crippen LogP contribution in [0.4, 0.5) is 0 Å². The van der Waals surface area contributed by atoms with Gasteiger partial charge in [0.2, 0.25) is 0 Å². The molecular formula is C9H21NO2S. The molecule has 0 spiro atoms. The van der Waals surface area contributed by atoms with Crippen LogP contribution >= 0.6 is 0 Å². The second-order valence-electron chi connectivity index (χ2n) is 3.99. The molecule has 1 atom stereocenters. The van der Waals surface area contributed by atoms with Crippen LogP contribution < -0.4 is 5.32 Å². The summed E-state index contributed by atoms with van der Waals surface area (Å²) in [5, 5.41) is 3.17. The van der Waals surface area contributed by atoms with Gasteiger partial charge in [0.15, 0.2) is 0 Å². The second-order valence-corrected chi connectivity index (χ2v) is 5.54. The number of nitrogens with one attached hydrogen (secondary N) is 1. The minimum absolute atomic E-state index is 0.0603. The first-order valence-electron chi connectivity index (χ1n) is 4.56. The summed E-state index contributed by atoms with van der Waals surface area (Å²) in [5.41, 5.74) is -0.0603. The molecule has 0 radical (unpaired) electrons. The monoisotopic (exact) mass is 207 g/mol. The van der Waals surface area contributed by atoms with Crippen LogP contribution in [0.1, 0.15) is 20.8 Å². The van der Waals surface area contributed by atoms with E-state index in [4.69, 9.17) is 4.74 Å². The maximum atomic E-state index is 10.7. The average molecular weight is 207 g/mol. The van der Waals surface area contributed by atoms with Crippen molar-refractivity contribution < 1.29 is 8.95 Å². The third kappa shape index (κ3) is 12.1. The normalized spacial score (nSPS) is 14.5. The molecule has 0 aromatic heterocycles. The first-order chi connectivity index (χ1) is 5.92. The van der Waals surface area contributed by atoms with Gasteiger partial charge < -0.3 is 10.1 Å². The van der Waals surface area contributed by atoms with E-state index in [1.165, 1.54) is 0 Å². The Kier molecular flexibility index (Phi) is 6.55. The molecule has 0 rings (SSSR count). The Balaban J connectivity index is 3.13. The van der Waals surface area contributed by atoms with E-state index in [0.717, 1.165) is 18.8 Å². The van der Waals surface area contributed by atoms with Crippen molar-refractivity contribution in [3.8, 4) is 0 Å². The van der Waals surface area contributed by atoms with Gasteiger partial charge in [-0.15, -0.1) is 0 Å². The van der Waals surface area contributed by atoms with E-state index in [-0.39, 0.29) is 5.60 Å². The molecule has 0 aliphatic heterocycles. The lowest BCUT2D eigenvalue weighted by atomic mass is 10.2. The summed E-state index contributed by atoms with van der Waals surface area (Å²) in [6.45, 7) is 8.45. The van der Waals surface area contributed by atoms with Crippen molar-refractivity contribution in [2.75, 3.05) is 31.7 Å². The summed E-state index contributed by atoms with van der Waals surface area (Å²) in [4.78, 5) is 0. The summed E-state index contributed by atoms with van der Waals surface area (Å²) >= 11 is 0. The van der Waals surface area contributed by atoms with Crippen LogP contribution in [0.25, 0.3) is 0 Å². The predicted octanol–water partition coefficient (Wildman–Crippen LogP) is 0.770. The summed E-state index contributed by atoms with van der Waals surface area (Å²) in [6.07, 6.45) is 1.72. The number of hydrogen-bond donors (Lipinski definition) is 1. The number of rotatable bonds is 6. The van der Waals surface area contributed by atoms with Crippen molar-refractivity contribution in [3.05, 3.63) is 0 Å². The Morgan fingerprint density at radius 1 is 1.31 bits per heavy atom. The molecule has 1 N–H and O–H groups in total. The molecular weight excluding hydrogens is 186 g/mol. The minimum atomic E-state index is -0.691. The van der Waals surface area contributed by atoms with Crippen molar-refractivity contribution in [2.45, 2.75) is 26.4 Å². The van der Waals surface area contributed by atoms with E-state index in [1.807, 2.05) is 20.8 Å². The Morgan fingerprint density at radius 2 is 1.92 bits per heavy atom. The smallest absolute Gasteiger partial charge is 0.0599 e. The first-order valence-corrected chi connectivity index (χ1v) is 6.29. The van der Waals surface area contributed by atoms with Gasteiger partial charge in [0.25, 0.3) is 0 Å². The molecule has 0 bridgehead atoms. The summed E-state index contributed by atoms with van der Waals surface area (Å²) in [5.74, 6) is 0.718. The molecule has 0 aromatic rings. The van der Waals surface area contributed by atoms with Crippen molar-refractivity contribution >= 4 is 10.8 Å². The van der Waals surface area contributed by atoms with Gasteiger partial charge in [-0.05, 0) is 20.8 Å². The van der Waals surface area contributed by atoms with Crippen LogP contribution in [0.5, 0.6) is 0 Å². The molecule has 1 unspecified atom stereocenters. The largest absolute Gasteiger partial charge is 0.375 e. The van der Waals surface area contributed by atoms with Crippen LogP contribution in [-0.4, -0.2) is 41.5 Å². The highest BCUT2D eigenvalue weighted by Crippen LogP contribution is 2.04. The molecule has 0 fully saturated rings. The maximum absolute atomic E-state index is 10.7. The Labute approximate surface area is 83.7 Å². The predicted molar refractivity (Wildman–Crippen MR) is 57.5 cm³/mol. The third-order valence-corrected chi connectivity index (χ3v) is 2.16. The summed E-state index contributed by atoms with van der Waals surface area (Å²) < 4.78 is 16.2. The van der Waals surface area contributed by atoms with Gasteiger partial charge in [-0.25, -0.2) is 0 Å². The fourth-order valence-corrected chi connectivity index (χ4v) is 1.20. The van der Waals surface area contributed by atoms with E-state index in [2.05, 4.69) is 5.32 Å². The molecule has 0 aliphatic carbocycles. The molecule has 80 valence electrons. The SMILES string of the molecule is CS(=O)CCNCCOC(C)(C)C. The van der Waals surface area contributed by atoms with Gasteiger partial charge in [0, 0.05) is 35.9 Å². The molecule has 0 saturated heterocycles. The van der Waals surface area contributed by atoms with E-state index in [0.29, 0.717) is 6.61 Å². The van der Waals surface area contributed by atoms with Crippen molar-refractivity contribution in [2.24, 2.45) is 0 Å². The molecule has 3 nitrogen and oxygen atoms in total. The van der Waals surface area contributed by atoms with Gasteiger partial charge in [-0.3, -0.25) is 4.21 Å². The fourth-order valence-electron chi connectivity index (χ4n) is 0.770. The highest BCUT2D eigenvalue weighted by atomic mass is 32.2. The maximum Gasteiger partial charge on any atom is 0.0599 e. The lowest BCUT2D eigenvalue weighted by Crippen LogP contribution is -2.28. The first kappa shape index (κ1) is 13.1.